The highest BCUT2D eigenvalue weighted by atomic mass is 19.1. The van der Waals surface area contributed by atoms with Crippen LogP contribution in [0.1, 0.15) is 39.7 Å². The fraction of sp³-hybridized carbons (Fsp3) is 0.241. The van der Waals surface area contributed by atoms with Gasteiger partial charge in [0.05, 0.1) is 19.9 Å². The maximum Gasteiger partial charge on any atom is 0.326 e. The fourth-order valence-corrected chi connectivity index (χ4v) is 4.20. The monoisotopic (exact) mass is 532 g/mol. The molecule has 2 aromatic heterocycles. The summed E-state index contributed by atoms with van der Waals surface area (Å²) in [6.07, 6.45) is 3.77. The zero-order valence-corrected chi connectivity index (χ0v) is 21.8. The maximum atomic E-state index is 13.8. The molecule has 0 aliphatic carbocycles. The third kappa shape index (κ3) is 6.78. The molecular formula is C29H29FN4O5. The van der Waals surface area contributed by atoms with Crippen molar-refractivity contribution in [1.82, 2.24) is 15.3 Å². The van der Waals surface area contributed by atoms with Crippen LogP contribution in [0.3, 0.4) is 0 Å². The van der Waals surface area contributed by atoms with Crippen molar-refractivity contribution in [2.75, 3.05) is 12.4 Å². The molecule has 0 aliphatic heterocycles. The van der Waals surface area contributed by atoms with Crippen LogP contribution in [0.5, 0.6) is 5.75 Å². The minimum Gasteiger partial charge on any atom is -0.497 e. The Morgan fingerprint density at radius 3 is 2.59 bits per heavy atom. The average molecular weight is 533 g/mol. The van der Waals surface area contributed by atoms with Crippen LogP contribution in [0.15, 0.2) is 65.3 Å². The van der Waals surface area contributed by atoms with E-state index in [2.05, 4.69) is 20.6 Å². The molecule has 4 aromatic rings. The third-order valence-electron chi connectivity index (χ3n) is 6.20. The molecule has 0 fully saturated rings. The number of aromatic nitrogens is 2. The molecule has 9 nitrogen and oxygen atoms in total. The van der Waals surface area contributed by atoms with E-state index in [1.807, 2.05) is 6.92 Å². The predicted octanol–water partition coefficient (Wildman–Crippen LogP) is 4.79. The van der Waals surface area contributed by atoms with Gasteiger partial charge in [0.2, 0.25) is 5.89 Å². The number of aryl methyl sites for hydroxylation is 2. The molecule has 0 saturated carbocycles. The van der Waals surface area contributed by atoms with Crippen molar-refractivity contribution in [1.29, 1.82) is 0 Å². The second kappa shape index (κ2) is 12.2. The summed E-state index contributed by atoms with van der Waals surface area (Å²) < 4.78 is 24.8. The molecule has 2 aromatic carbocycles. The van der Waals surface area contributed by atoms with Gasteiger partial charge in [-0.05, 0) is 60.4 Å². The van der Waals surface area contributed by atoms with E-state index in [4.69, 9.17) is 9.15 Å². The van der Waals surface area contributed by atoms with Crippen molar-refractivity contribution in [2.24, 2.45) is 0 Å². The van der Waals surface area contributed by atoms with Crippen LogP contribution in [0.2, 0.25) is 0 Å². The van der Waals surface area contributed by atoms with E-state index in [-0.39, 0.29) is 6.42 Å². The Bertz CT molecular complexity index is 1470. The van der Waals surface area contributed by atoms with Gasteiger partial charge in [-0.2, -0.15) is 0 Å². The lowest BCUT2D eigenvalue weighted by atomic mass is 9.98. The number of anilines is 1. The van der Waals surface area contributed by atoms with Gasteiger partial charge in [-0.15, -0.1) is 0 Å². The molecule has 3 N–H and O–H groups in total. The molecule has 39 heavy (non-hydrogen) atoms. The van der Waals surface area contributed by atoms with Gasteiger partial charge in [-0.1, -0.05) is 19.1 Å². The zero-order valence-electron chi connectivity index (χ0n) is 21.8. The van der Waals surface area contributed by atoms with E-state index < -0.39 is 23.7 Å². The highest BCUT2D eigenvalue weighted by Crippen LogP contribution is 2.22. The summed E-state index contributed by atoms with van der Waals surface area (Å²) in [6.45, 7) is 3.82. The summed E-state index contributed by atoms with van der Waals surface area (Å²) >= 11 is 0. The number of carboxylic acid groups (broad SMARTS) is 1. The molecule has 10 heteroatoms. The molecule has 0 aliphatic rings. The summed E-state index contributed by atoms with van der Waals surface area (Å²) in [5.41, 5.74) is 2.71. The number of carbonyl (C=O) groups is 2. The average Bonchev–Trinajstić information content (AvgIpc) is 3.40. The molecular weight excluding hydrogens is 503 g/mol. The van der Waals surface area contributed by atoms with Crippen molar-refractivity contribution in [3.8, 4) is 17.2 Å². The summed E-state index contributed by atoms with van der Waals surface area (Å²) in [6, 6.07) is 12.0. The minimum absolute atomic E-state index is 0.0668. The number of halogens is 1. The first-order valence-electron chi connectivity index (χ1n) is 12.4. The van der Waals surface area contributed by atoms with E-state index in [0.717, 1.165) is 5.56 Å². The largest absolute Gasteiger partial charge is 0.497 e. The van der Waals surface area contributed by atoms with Gasteiger partial charge in [0.15, 0.2) is 0 Å². The number of methoxy groups -OCH3 is 1. The van der Waals surface area contributed by atoms with Crippen molar-refractivity contribution in [2.45, 2.75) is 39.3 Å². The first-order chi connectivity index (χ1) is 18.8. The Hall–Kier alpha value is -4.73. The van der Waals surface area contributed by atoms with Gasteiger partial charge < -0.3 is 24.9 Å². The van der Waals surface area contributed by atoms with Gasteiger partial charge in [0.1, 0.15) is 29.2 Å². The number of ether oxygens (including phenoxy) is 1. The Morgan fingerprint density at radius 1 is 1.13 bits per heavy atom. The van der Waals surface area contributed by atoms with Crippen LogP contribution in [0.4, 0.5) is 10.2 Å². The van der Waals surface area contributed by atoms with Gasteiger partial charge in [0.25, 0.3) is 5.91 Å². The minimum atomic E-state index is -1.17. The summed E-state index contributed by atoms with van der Waals surface area (Å²) in [7, 11) is 1.59. The molecule has 0 saturated heterocycles. The van der Waals surface area contributed by atoms with E-state index in [1.165, 1.54) is 12.1 Å². The number of rotatable bonds is 11. The number of oxazole rings is 1. The van der Waals surface area contributed by atoms with Crippen LogP contribution in [0.25, 0.3) is 11.5 Å². The number of carbonyl (C=O) groups excluding carboxylic acids is 1. The second-order valence-electron chi connectivity index (χ2n) is 8.94. The van der Waals surface area contributed by atoms with Crippen molar-refractivity contribution in [3.05, 3.63) is 94.8 Å². The van der Waals surface area contributed by atoms with Crippen molar-refractivity contribution in [3.63, 3.8) is 0 Å². The van der Waals surface area contributed by atoms with Crippen LogP contribution in [0, 0.1) is 12.7 Å². The molecule has 1 atom stereocenters. The number of aliphatic carboxylic acids is 1. The number of benzene rings is 2. The molecule has 1 unspecified atom stereocenters. The number of nitrogens with zero attached hydrogens (tertiary/aromatic N) is 2. The number of carboxylic acids is 1. The molecule has 0 radical (unpaired) electrons. The van der Waals surface area contributed by atoms with E-state index in [0.29, 0.717) is 58.4 Å². The molecule has 202 valence electrons. The van der Waals surface area contributed by atoms with Gasteiger partial charge in [-0.3, -0.25) is 4.79 Å². The maximum absolute atomic E-state index is 13.8. The summed E-state index contributed by atoms with van der Waals surface area (Å²) in [4.78, 5) is 33.4. The standard InChI is InChI=1S/C29H29FN4O5/c1-4-19-13-21(30)11-17(2)26(19)27(35)34-24(29(36)37)12-18-5-7-20(8-6-18)28-33-16-23(39-28)15-32-25-14-22(38-3)9-10-31-25/h5-11,13-14,16,24H,4,12,15H2,1-3H3,(H,31,32)(H,34,35)(H,36,37). The van der Waals surface area contributed by atoms with Crippen molar-refractivity contribution >= 4 is 17.7 Å². The number of hydrogen-bond donors (Lipinski definition) is 3. The predicted molar refractivity (Wildman–Crippen MR) is 143 cm³/mol. The fourth-order valence-electron chi connectivity index (χ4n) is 4.20. The first-order valence-corrected chi connectivity index (χ1v) is 12.4. The molecule has 2 heterocycles. The van der Waals surface area contributed by atoms with E-state index in [1.54, 1.807) is 62.8 Å². The summed E-state index contributed by atoms with van der Waals surface area (Å²) in [5.74, 6) is 0.205. The number of hydrogen-bond acceptors (Lipinski definition) is 7. The molecule has 1 amide bonds. The van der Waals surface area contributed by atoms with Crippen LogP contribution in [-0.4, -0.2) is 40.1 Å². The van der Waals surface area contributed by atoms with Gasteiger partial charge in [0, 0.05) is 29.8 Å². The zero-order chi connectivity index (χ0) is 27.9. The van der Waals surface area contributed by atoms with Crippen molar-refractivity contribution < 1.29 is 28.2 Å². The normalized spacial score (nSPS) is 11.6. The van der Waals surface area contributed by atoms with E-state index in [9.17, 15) is 19.1 Å². The van der Waals surface area contributed by atoms with Gasteiger partial charge >= 0.3 is 5.97 Å². The van der Waals surface area contributed by atoms with Crippen LogP contribution >= 0.6 is 0 Å². The van der Waals surface area contributed by atoms with E-state index >= 15 is 0 Å². The number of pyridine rings is 1. The lowest BCUT2D eigenvalue weighted by Crippen LogP contribution is -2.42. The SMILES string of the molecule is CCc1cc(F)cc(C)c1C(=O)NC(Cc1ccc(-c2ncc(CNc3cc(OC)ccn3)o2)cc1)C(=O)O. The highest BCUT2D eigenvalue weighted by molar-refractivity contribution is 5.99. The smallest absolute Gasteiger partial charge is 0.326 e. The number of amides is 1. The van der Waals surface area contributed by atoms with Gasteiger partial charge in [-0.25, -0.2) is 19.2 Å². The Morgan fingerprint density at radius 2 is 1.90 bits per heavy atom. The first kappa shape index (κ1) is 27.3. The highest BCUT2D eigenvalue weighted by Gasteiger charge is 2.24. The lowest BCUT2D eigenvalue weighted by Gasteiger charge is -2.17. The molecule has 0 spiro atoms. The van der Waals surface area contributed by atoms with Crippen LogP contribution in [-0.2, 0) is 24.2 Å². The molecule has 4 rings (SSSR count). The summed E-state index contributed by atoms with van der Waals surface area (Å²) in [5, 5.41) is 15.5. The topological polar surface area (TPSA) is 127 Å². The lowest BCUT2D eigenvalue weighted by molar-refractivity contribution is -0.139. The number of nitrogens with one attached hydrogen (secondary N) is 2. The second-order valence-corrected chi connectivity index (χ2v) is 8.94. The Balaban J connectivity index is 1.40. The van der Waals surface area contributed by atoms with Crippen LogP contribution < -0.4 is 15.4 Å². The molecule has 0 bridgehead atoms. The Kier molecular flexibility index (Phi) is 8.55. The quantitative estimate of drug-likeness (QED) is 0.252. The third-order valence-corrected chi connectivity index (χ3v) is 6.20. The Labute approximate surface area is 225 Å².